The summed E-state index contributed by atoms with van der Waals surface area (Å²) in [7, 11) is 0. The van der Waals surface area contributed by atoms with Gasteiger partial charge in [0.2, 0.25) is 0 Å². The Hall–Kier alpha value is -1.55. The summed E-state index contributed by atoms with van der Waals surface area (Å²) in [6.45, 7) is 1.98. The summed E-state index contributed by atoms with van der Waals surface area (Å²) in [5, 5.41) is 13.9. The first-order chi connectivity index (χ1) is 6.04. The van der Waals surface area contributed by atoms with Crippen molar-refractivity contribution in [2.75, 3.05) is 0 Å². The maximum Gasteiger partial charge on any atom is 0.503 e. The van der Waals surface area contributed by atoms with E-state index in [-0.39, 0.29) is 6.04 Å². The molecular weight excluding hydrogens is 170 g/mol. The first-order valence-electron chi connectivity index (χ1n) is 3.76. The molecule has 1 unspecified atom stereocenters. The molecule has 1 aromatic rings. The predicted molar refractivity (Wildman–Crippen MR) is 49.7 cm³/mol. The molecular formula is C9H13NO3. The van der Waals surface area contributed by atoms with Gasteiger partial charge in [0.05, 0.1) is 0 Å². The van der Waals surface area contributed by atoms with Crippen molar-refractivity contribution in [3.05, 3.63) is 35.9 Å². The van der Waals surface area contributed by atoms with E-state index in [2.05, 4.69) is 0 Å². The van der Waals surface area contributed by atoms with E-state index in [9.17, 15) is 0 Å². The van der Waals surface area contributed by atoms with Crippen LogP contribution in [0.4, 0.5) is 4.79 Å². The van der Waals surface area contributed by atoms with Crippen LogP contribution < -0.4 is 5.73 Å². The van der Waals surface area contributed by atoms with Gasteiger partial charge in [0.25, 0.3) is 0 Å². The zero-order valence-corrected chi connectivity index (χ0v) is 7.34. The van der Waals surface area contributed by atoms with Gasteiger partial charge < -0.3 is 15.9 Å². The third-order valence-corrected chi connectivity index (χ3v) is 1.33. The summed E-state index contributed by atoms with van der Waals surface area (Å²) >= 11 is 0. The van der Waals surface area contributed by atoms with Crippen LogP contribution in [0.1, 0.15) is 18.5 Å². The van der Waals surface area contributed by atoms with E-state index in [1.807, 2.05) is 37.3 Å². The summed E-state index contributed by atoms with van der Waals surface area (Å²) in [5.74, 6) is 0. The van der Waals surface area contributed by atoms with E-state index < -0.39 is 6.16 Å². The lowest BCUT2D eigenvalue weighted by atomic mass is 10.1. The van der Waals surface area contributed by atoms with E-state index in [0.717, 1.165) is 0 Å². The summed E-state index contributed by atoms with van der Waals surface area (Å²) in [6, 6.07) is 10.2. The Balaban J connectivity index is 0.000000310. The van der Waals surface area contributed by atoms with Gasteiger partial charge in [-0.2, -0.15) is 0 Å². The van der Waals surface area contributed by atoms with Crippen molar-refractivity contribution < 1.29 is 15.0 Å². The molecule has 1 aromatic carbocycles. The number of carboxylic acid groups (broad SMARTS) is 2. The largest absolute Gasteiger partial charge is 0.503 e. The van der Waals surface area contributed by atoms with Crippen LogP contribution in [0.15, 0.2) is 30.3 Å². The summed E-state index contributed by atoms with van der Waals surface area (Å²) in [4.78, 5) is 8.56. The van der Waals surface area contributed by atoms with Crippen molar-refractivity contribution in [2.24, 2.45) is 5.73 Å². The zero-order valence-electron chi connectivity index (χ0n) is 7.34. The van der Waals surface area contributed by atoms with E-state index in [1.165, 1.54) is 5.56 Å². The normalized spacial score (nSPS) is 10.9. The highest BCUT2D eigenvalue weighted by Crippen LogP contribution is 2.06. The van der Waals surface area contributed by atoms with Crippen LogP contribution in [-0.4, -0.2) is 16.4 Å². The Morgan fingerprint density at radius 1 is 1.31 bits per heavy atom. The number of hydrogen-bond donors (Lipinski definition) is 3. The molecule has 0 fully saturated rings. The van der Waals surface area contributed by atoms with Crippen LogP contribution in [0, 0.1) is 0 Å². The highest BCUT2D eigenvalue weighted by Gasteiger charge is 1.93. The van der Waals surface area contributed by atoms with E-state index in [0.29, 0.717) is 0 Å². The Labute approximate surface area is 76.6 Å². The third kappa shape index (κ3) is 6.83. The highest BCUT2D eigenvalue weighted by atomic mass is 16.6. The lowest BCUT2D eigenvalue weighted by Crippen LogP contribution is -2.03. The van der Waals surface area contributed by atoms with Crippen LogP contribution in [-0.2, 0) is 0 Å². The van der Waals surface area contributed by atoms with Crippen molar-refractivity contribution in [3.63, 3.8) is 0 Å². The summed E-state index contributed by atoms with van der Waals surface area (Å²) in [5.41, 5.74) is 6.81. The van der Waals surface area contributed by atoms with Crippen molar-refractivity contribution in [3.8, 4) is 0 Å². The molecule has 13 heavy (non-hydrogen) atoms. The minimum atomic E-state index is -1.83. The molecule has 1 rings (SSSR count). The van der Waals surface area contributed by atoms with Gasteiger partial charge in [0.1, 0.15) is 0 Å². The Morgan fingerprint density at radius 3 is 1.92 bits per heavy atom. The molecule has 0 aliphatic carbocycles. The maximum absolute atomic E-state index is 8.56. The molecule has 0 amide bonds. The van der Waals surface area contributed by atoms with E-state index >= 15 is 0 Å². The molecule has 1 atom stereocenters. The van der Waals surface area contributed by atoms with Crippen LogP contribution in [0.2, 0.25) is 0 Å². The monoisotopic (exact) mass is 183 g/mol. The molecule has 0 heterocycles. The molecule has 0 aromatic heterocycles. The number of hydrogen-bond acceptors (Lipinski definition) is 2. The molecule has 0 saturated carbocycles. The highest BCUT2D eigenvalue weighted by molar-refractivity contribution is 5.53. The average Bonchev–Trinajstić information content (AvgIpc) is 2.05. The SMILES string of the molecule is CC(N)c1ccccc1.O=C(O)O. The van der Waals surface area contributed by atoms with Gasteiger partial charge in [0, 0.05) is 6.04 Å². The molecule has 72 valence electrons. The van der Waals surface area contributed by atoms with Crippen molar-refractivity contribution in [2.45, 2.75) is 13.0 Å². The number of carbonyl (C=O) groups is 1. The van der Waals surface area contributed by atoms with Gasteiger partial charge in [-0.05, 0) is 12.5 Å². The molecule has 0 radical (unpaired) electrons. The standard InChI is InChI=1S/C8H11N.CH2O3/c1-7(9)8-5-3-2-4-6-8;2-1(3)4/h2-7H,9H2,1H3;(H2,2,3,4). The molecule has 4 N–H and O–H groups in total. The molecule has 0 bridgehead atoms. The van der Waals surface area contributed by atoms with Crippen LogP contribution >= 0.6 is 0 Å². The van der Waals surface area contributed by atoms with Gasteiger partial charge in [-0.3, -0.25) is 0 Å². The molecule has 0 aliphatic heterocycles. The summed E-state index contributed by atoms with van der Waals surface area (Å²) < 4.78 is 0. The van der Waals surface area contributed by atoms with Crippen molar-refractivity contribution >= 4 is 6.16 Å². The second-order valence-corrected chi connectivity index (χ2v) is 2.48. The Kier molecular flexibility index (Phi) is 5.30. The molecule has 4 nitrogen and oxygen atoms in total. The van der Waals surface area contributed by atoms with Gasteiger partial charge in [-0.25, -0.2) is 4.79 Å². The minimum absolute atomic E-state index is 0.159. The second kappa shape index (κ2) is 6.02. The Bertz CT molecular complexity index is 242. The predicted octanol–water partition coefficient (Wildman–Crippen LogP) is 1.93. The lowest BCUT2D eigenvalue weighted by molar-refractivity contribution is 0.137. The fourth-order valence-corrected chi connectivity index (χ4v) is 0.757. The minimum Gasteiger partial charge on any atom is -0.450 e. The Morgan fingerprint density at radius 2 is 1.69 bits per heavy atom. The number of nitrogens with two attached hydrogens (primary N) is 1. The zero-order chi connectivity index (χ0) is 10.3. The smallest absolute Gasteiger partial charge is 0.450 e. The topological polar surface area (TPSA) is 83.6 Å². The fraction of sp³-hybridized carbons (Fsp3) is 0.222. The quantitative estimate of drug-likeness (QED) is 0.621. The third-order valence-electron chi connectivity index (χ3n) is 1.33. The van der Waals surface area contributed by atoms with Gasteiger partial charge in [0.15, 0.2) is 0 Å². The van der Waals surface area contributed by atoms with Gasteiger partial charge in [-0.1, -0.05) is 30.3 Å². The van der Waals surface area contributed by atoms with Crippen molar-refractivity contribution in [1.82, 2.24) is 0 Å². The van der Waals surface area contributed by atoms with Crippen LogP contribution in [0.5, 0.6) is 0 Å². The van der Waals surface area contributed by atoms with Gasteiger partial charge >= 0.3 is 6.16 Å². The summed E-state index contributed by atoms with van der Waals surface area (Å²) in [6.07, 6.45) is -1.83. The maximum atomic E-state index is 8.56. The first-order valence-corrected chi connectivity index (χ1v) is 3.76. The number of rotatable bonds is 1. The van der Waals surface area contributed by atoms with E-state index in [1.54, 1.807) is 0 Å². The molecule has 4 heteroatoms. The van der Waals surface area contributed by atoms with Crippen LogP contribution in [0.25, 0.3) is 0 Å². The first kappa shape index (κ1) is 11.4. The van der Waals surface area contributed by atoms with Crippen LogP contribution in [0.3, 0.4) is 0 Å². The number of benzene rings is 1. The second-order valence-electron chi connectivity index (χ2n) is 2.48. The lowest BCUT2D eigenvalue weighted by Gasteiger charge is -2.02. The van der Waals surface area contributed by atoms with E-state index in [4.69, 9.17) is 20.7 Å². The fourth-order valence-electron chi connectivity index (χ4n) is 0.757. The van der Waals surface area contributed by atoms with Gasteiger partial charge in [-0.15, -0.1) is 0 Å². The molecule has 0 aliphatic rings. The molecule has 0 spiro atoms. The molecule has 0 saturated heterocycles. The average molecular weight is 183 g/mol. The van der Waals surface area contributed by atoms with Crippen molar-refractivity contribution in [1.29, 1.82) is 0 Å².